The van der Waals surface area contributed by atoms with Crippen LogP contribution in [0.15, 0.2) is 18.1 Å². The van der Waals surface area contributed by atoms with Crippen molar-refractivity contribution in [2.45, 2.75) is 6.18 Å². The molecule has 0 atom stereocenters. The lowest BCUT2D eigenvalue weighted by Crippen LogP contribution is -2.06. The van der Waals surface area contributed by atoms with Crippen molar-refractivity contribution in [2.24, 2.45) is 0 Å². The highest BCUT2D eigenvalue weighted by molar-refractivity contribution is 6.31. The lowest BCUT2D eigenvalue weighted by molar-refractivity contribution is -0.385. The van der Waals surface area contributed by atoms with Crippen LogP contribution in [0.1, 0.15) is 9.68 Å². The second-order valence-electron chi connectivity index (χ2n) is 2.17. The first-order valence-electron chi connectivity index (χ1n) is 4.59. The van der Waals surface area contributed by atoms with Crippen LogP contribution in [0.4, 0.5) is 18.9 Å². The number of halogens is 4. The molecule has 7 heteroatoms. The Kier molecular flexibility index (Phi) is 1.74. The molecule has 3 nitrogen and oxygen atoms in total. The lowest BCUT2D eigenvalue weighted by Gasteiger charge is -2.07. The van der Waals surface area contributed by atoms with Crippen LogP contribution in [0.3, 0.4) is 0 Å². The van der Waals surface area contributed by atoms with E-state index in [0.29, 0.717) is 0 Å². The molecule has 0 saturated heterocycles. The SMILES string of the molecule is [2H]c1c([2H])c([N+](=O)[O-])c([2H])c(C(F)(F)F)c1Cl. The number of nitro groups is 1. The van der Waals surface area contributed by atoms with Crippen molar-refractivity contribution in [3.8, 4) is 0 Å². The van der Waals surface area contributed by atoms with Gasteiger partial charge in [0.2, 0.25) is 0 Å². The van der Waals surface area contributed by atoms with Crippen LogP contribution in [0.2, 0.25) is 5.02 Å². The van der Waals surface area contributed by atoms with E-state index < -0.39 is 45.5 Å². The van der Waals surface area contributed by atoms with Crippen molar-refractivity contribution >= 4 is 17.3 Å². The summed E-state index contributed by atoms with van der Waals surface area (Å²) < 4.78 is 58.7. The molecule has 14 heavy (non-hydrogen) atoms. The van der Waals surface area contributed by atoms with E-state index in [2.05, 4.69) is 0 Å². The summed E-state index contributed by atoms with van der Waals surface area (Å²) in [6.45, 7) is 0. The standard InChI is InChI=1S/C7H3ClF3NO2/c8-6-2-1-4(12(13)14)3-5(6)7(9,10)11/h1-3H/i1D,2D,3D. The number of hydrogen-bond donors (Lipinski definition) is 0. The molecule has 0 saturated carbocycles. The van der Waals surface area contributed by atoms with E-state index in [9.17, 15) is 23.3 Å². The highest BCUT2D eigenvalue weighted by atomic mass is 35.5. The summed E-state index contributed by atoms with van der Waals surface area (Å²) in [7, 11) is 0. The maximum Gasteiger partial charge on any atom is 0.418 e. The minimum Gasteiger partial charge on any atom is -0.258 e. The minimum atomic E-state index is -5.09. The first kappa shape index (κ1) is 7.05. The van der Waals surface area contributed by atoms with E-state index in [-0.39, 0.29) is 0 Å². The number of rotatable bonds is 1. The number of nitro benzene ring substituents is 1. The first-order chi connectivity index (χ1) is 7.59. The molecule has 76 valence electrons. The van der Waals surface area contributed by atoms with Gasteiger partial charge in [0.15, 0.2) is 0 Å². The molecule has 0 radical (unpaired) electrons. The van der Waals surface area contributed by atoms with Gasteiger partial charge in [0, 0.05) is 12.1 Å². The van der Waals surface area contributed by atoms with Crippen LogP contribution in [0.25, 0.3) is 0 Å². The summed E-state index contributed by atoms with van der Waals surface area (Å²) in [5, 5.41) is 9.27. The Hall–Kier alpha value is -1.30. The maximum absolute atomic E-state index is 12.5. The maximum atomic E-state index is 12.5. The molecule has 1 aromatic carbocycles. The Labute approximate surface area is 85.5 Å². The third-order valence-corrected chi connectivity index (χ3v) is 1.50. The van der Waals surface area contributed by atoms with Crippen molar-refractivity contribution in [1.29, 1.82) is 0 Å². The number of alkyl halides is 3. The molecule has 0 bridgehead atoms. The van der Waals surface area contributed by atoms with Crippen molar-refractivity contribution in [3.63, 3.8) is 0 Å². The van der Waals surface area contributed by atoms with Crippen LogP contribution in [0.5, 0.6) is 0 Å². The van der Waals surface area contributed by atoms with Gasteiger partial charge in [-0.05, 0) is 6.04 Å². The molecule has 0 aliphatic carbocycles. The molecule has 1 rings (SSSR count). The monoisotopic (exact) mass is 228 g/mol. The molecule has 0 heterocycles. The summed E-state index contributed by atoms with van der Waals surface area (Å²) >= 11 is 5.19. The van der Waals surface area contributed by atoms with E-state index in [1.807, 2.05) is 0 Å². The number of hydrogen-bond acceptors (Lipinski definition) is 2. The number of benzene rings is 1. The summed E-state index contributed by atoms with van der Waals surface area (Å²) in [5.41, 5.74) is -3.15. The van der Waals surface area contributed by atoms with Crippen LogP contribution in [0, 0.1) is 10.1 Å². The van der Waals surface area contributed by atoms with Gasteiger partial charge in [0.1, 0.15) is 0 Å². The van der Waals surface area contributed by atoms with Crippen LogP contribution in [-0.2, 0) is 6.18 Å². The van der Waals surface area contributed by atoms with Crippen molar-refractivity contribution in [2.75, 3.05) is 0 Å². The van der Waals surface area contributed by atoms with Gasteiger partial charge >= 0.3 is 6.18 Å². The normalized spacial score (nSPS) is 14.4. The molecule has 0 aliphatic heterocycles. The lowest BCUT2D eigenvalue weighted by atomic mass is 10.2. The average molecular weight is 229 g/mol. The zero-order valence-electron chi connectivity index (χ0n) is 9.28. The Bertz CT molecular complexity index is 506. The Morgan fingerprint density at radius 1 is 1.50 bits per heavy atom. The summed E-state index contributed by atoms with van der Waals surface area (Å²) in [6.07, 6.45) is -5.09. The zero-order chi connectivity index (χ0) is 13.5. The van der Waals surface area contributed by atoms with Crippen LogP contribution in [-0.4, -0.2) is 4.92 Å². The second-order valence-corrected chi connectivity index (χ2v) is 2.55. The van der Waals surface area contributed by atoms with Crippen molar-refractivity contribution < 1.29 is 22.2 Å². The van der Waals surface area contributed by atoms with Gasteiger partial charge in [-0.3, -0.25) is 10.1 Å². The molecule has 1 aromatic rings. The van der Waals surface area contributed by atoms with Crippen LogP contribution < -0.4 is 0 Å². The molecular formula is C7H3ClF3NO2. The van der Waals surface area contributed by atoms with E-state index in [0.717, 1.165) is 0 Å². The molecule has 0 unspecified atom stereocenters. The van der Waals surface area contributed by atoms with Crippen LogP contribution >= 0.6 is 11.6 Å². The van der Waals surface area contributed by atoms with Gasteiger partial charge in [-0.25, -0.2) is 0 Å². The predicted molar refractivity (Wildman–Crippen MR) is 43.1 cm³/mol. The Morgan fingerprint density at radius 3 is 2.50 bits per heavy atom. The summed E-state index contributed by atoms with van der Waals surface area (Å²) in [5.74, 6) is 0. The first-order valence-corrected chi connectivity index (χ1v) is 3.47. The average Bonchev–Trinajstić information content (AvgIpc) is 2.11. The van der Waals surface area contributed by atoms with Gasteiger partial charge < -0.3 is 0 Å². The predicted octanol–water partition coefficient (Wildman–Crippen LogP) is 3.27. The molecule has 0 amide bonds. The van der Waals surface area contributed by atoms with E-state index >= 15 is 0 Å². The topological polar surface area (TPSA) is 43.1 Å². The largest absolute Gasteiger partial charge is 0.418 e. The van der Waals surface area contributed by atoms with E-state index in [1.54, 1.807) is 0 Å². The van der Waals surface area contributed by atoms with Gasteiger partial charge in [0.05, 0.1) is 19.6 Å². The minimum absolute atomic E-state index is 1.11. The second kappa shape index (κ2) is 3.45. The number of nitrogens with zero attached hydrogens (tertiary/aromatic N) is 1. The fourth-order valence-electron chi connectivity index (χ4n) is 0.668. The van der Waals surface area contributed by atoms with Gasteiger partial charge in [-0.1, -0.05) is 11.6 Å². The molecular weight excluding hydrogens is 223 g/mol. The molecule has 0 aromatic heterocycles. The van der Waals surface area contributed by atoms with E-state index in [1.165, 1.54) is 0 Å². The molecule has 0 spiro atoms. The summed E-state index contributed by atoms with van der Waals surface area (Å²) in [6, 6.07) is -3.74. The van der Waals surface area contributed by atoms with Crippen molar-refractivity contribution in [1.82, 2.24) is 0 Å². The Balaban J connectivity index is 3.81. The van der Waals surface area contributed by atoms with Gasteiger partial charge in [0.25, 0.3) is 5.69 Å². The van der Waals surface area contributed by atoms with Gasteiger partial charge in [-0.2, -0.15) is 13.2 Å². The quantitative estimate of drug-likeness (QED) is 0.547. The molecule has 0 aliphatic rings. The van der Waals surface area contributed by atoms with Gasteiger partial charge in [-0.15, -0.1) is 0 Å². The van der Waals surface area contributed by atoms with E-state index in [4.69, 9.17) is 15.7 Å². The highest BCUT2D eigenvalue weighted by Gasteiger charge is 2.34. The summed E-state index contributed by atoms with van der Waals surface area (Å²) in [4.78, 5) is 9.15. The van der Waals surface area contributed by atoms with Crippen molar-refractivity contribution in [3.05, 3.63) is 38.8 Å². The smallest absolute Gasteiger partial charge is 0.258 e. The molecule has 0 fully saturated rings. The highest BCUT2D eigenvalue weighted by Crippen LogP contribution is 2.36. The molecule has 0 N–H and O–H groups in total. The fourth-order valence-corrected chi connectivity index (χ4v) is 0.869. The Morgan fingerprint density at radius 2 is 2.07 bits per heavy atom. The fraction of sp³-hybridized carbons (Fsp3) is 0.143. The zero-order valence-corrected chi connectivity index (χ0v) is 7.03. The third kappa shape index (κ3) is 2.14. The third-order valence-electron chi connectivity index (χ3n) is 1.22.